The summed E-state index contributed by atoms with van der Waals surface area (Å²) < 4.78 is 6.35. The molecule has 0 N–H and O–H groups in total. The minimum absolute atomic E-state index is 0.911. The van der Waals surface area contributed by atoms with Gasteiger partial charge in [-0.3, -0.25) is 0 Å². The van der Waals surface area contributed by atoms with E-state index in [4.69, 9.17) is 4.42 Å². The summed E-state index contributed by atoms with van der Waals surface area (Å²) in [5, 5.41) is 12.5. The lowest BCUT2D eigenvalue weighted by atomic mass is 9.92. The smallest absolute Gasteiger partial charge is 0.135 e. The summed E-state index contributed by atoms with van der Waals surface area (Å²) in [6, 6.07) is 52.7. The molecule has 0 aliphatic rings. The Morgan fingerprint density at radius 2 is 0.756 bits per heavy atom. The SMILES string of the molecule is c1ccc2c(c1)ccc1cccc(-c3ccc4oc5ccc(-c6cccc7ccc8ccccc8c67)cc5c4c3)c12. The third kappa shape index (κ3) is 3.36. The van der Waals surface area contributed by atoms with Crippen molar-refractivity contribution in [1.29, 1.82) is 0 Å². The molecule has 190 valence electrons. The fourth-order valence-corrected chi connectivity index (χ4v) is 6.71. The van der Waals surface area contributed by atoms with Crippen LogP contribution in [0.25, 0.3) is 87.3 Å². The van der Waals surface area contributed by atoms with Crippen molar-refractivity contribution in [3.05, 3.63) is 146 Å². The Labute approximate surface area is 236 Å². The Hall–Kier alpha value is -5.40. The molecule has 8 aromatic carbocycles. The summed E-state index contributed by atoms with van der Waals surface area (Å²) in [6.07, 6.45) is 0. The molecule has 1 aromatic heterocycles. The number of rotatable bonds is 2. The molecule has 0 saturated carbocycles. The van der Waals surface area contributed by atoms with Crippen LogP contribution in [-0.2, 0) is 0 Å². The first-order valence-corrected chi connectivity index (χ1v) is 14.1. The van der Waals surface area contributed by atoms with E-state index < -0.39 is 0 Å². The van der Waals surface area contributed by atoms with E-state index in [1.807, 2.05) is 0 Å². The summed E-state index contributed by atoms with van der Waals surface area (Å²) in [6.45, 7) is 0. The lowest BCUT2D eigenvalue weighted by Gasteiger charge is -2.11. The summed E-state index contributed by atoms with van der Waals surface area (Å²) >= 11 is 0. The van der Waals surface area contributed by atoms with Crippen LogP contribution in [0.5, 0.6) is 0 Å². The highest BCUT2D eigenvalue weighted by molar-refractivity contribution is 6.17. The van der Waals surface area contributed by atoms with Gasteiger partial charge in [0.05, 0.1) is 0 Å². The van der Waals surface area contributed by atoms with Crippen molar-refractivity contribution in [1.82, 2.24) is 0 Å². The maximum absolute atomic E-state index is 6.35. The molecule has 0 fully saturated rings. The molecule has 0 bridgehead atoms. The number of hydrogen-bond donors (Lipinski definition) is 0. The molecular weight excluding hydrogens is 496 g/mol. The second-order valence-electron chi connectivity index (χ2n) is 10.9. The third-order valence-electron chi connectivity index (χ3n) is 8.63. The molecule has 1 heteroatoms. The van der Waals surface area contributed by atoms with Crippen LogP contribution in [0.1, 0.15) is 0 Å². The normalized spacial score (nSPS) is 11.9. The zero-order valence-corrected chi connectivity index (χ0v) is 22.3. The van der Waals surface area contributed by atoms with E-state index >= 15 is 0 Å². The van der Waals surface area contributed by atoms with Gasteiger partial charge in [0.25, 0.3) is 0 Å². The van der Waals surface area contributed by atoms with Gasteiger partial charge in [-0.25, -0.2) is 0 Å². The molecule has 41 heavy (non-hydrogen) atoms. The second kappa shape index (κ2) is 8.55. The lowest BCUT2D eigenvalue weighted by molar-refractivity contribution is 0.669. The highest BCUT2D eigenvalue weighted by Gasteiger charge is 2.14. The van der Waals surface area contributed by atoms with Crippen molar-refractivity contribution in [3.63, 3.8) is 0 Å². The molecule has 0 aliphatic heterocycles. The van der Waals surface area contributed by atoms with Crippen molar-refractivity contribution < 1.29 is 4.42 Å². The lowest BCUT2D eigenvalue weighted by Crippen LogP contribution is -1.85. The molecule has 0 atom stereocenters. The van der Waals surface area contributed by atoms with Gasteiger partial charge in [0, 0.05) is 10.8 Å². The Bertz CT molecular complexity index is 2300. The second-order valence-corrected chi connectivity index (χ2v) is 10.9. The van der Waals surface area contributed by atoms with Crippen molar-refractivity contribution in [2.45, 2.75) is 0 Å². The van der Waals surface area contributed by atoms with Crippen molar-refractivity contribution in [2.75, 3.05) is 0 Å². The monoisotopic (exact) mass is 520 g/mol. The largest absolute Gasteiger partial charge is 0.456 e. The number of hydrogen-bond acceptors (Lipinski definition) is 1. The molecule has 0 aliphatic carbocycles. The van der Waals surface area contributed by atoms with Crippen molar-refractivity contribution in [2.24, 2.45) is 0 Å². The van der Waals surface area contributed by atoms with Gasteiger partial charge < -0.3 is 4.42 Å². The predicted octanol–water partition coefficient (Wildman–Crippen LogP) is 11.5. The molecule has 1 heterocycles. The first-order chi connectivity index (χ1) is 20.3. The predicted molar refractivity (Wildman–Crippen MR) is 175 cm³/mol. The van der Waals surface area contributed by atoms with E-state index in [1.54, 1.807) is 0 Å². The maximum atomic E-state index is 6.35. The van der Waals surface area contributed by atoms with Gasteiger partial charge in [-0.2, -0.15) is 0 Å². The number of fused-ring (bicyclic) bond motifs is 9. The van der Waals surface area contributed by atoms with Crippen LogP contribution in [0.2, 0.25) is 0 Å². The first kappa shape index (κ1) is 22.4. The topological polar surface area (TPSA) is 13.1 Å². The van der Waals surface area contributed by atoms with Gasteiger partial charge in [0.1, 0.15) is 11.2 Å². The Morgan fingerprint density at radius 1 is 0.317 bits per heavy atom. The van der Waals surface area contributed by atoms with E-state index in [1.165, 1.54) is 65.3 Å². The highest BCUT2D eigenvalue weighted by Crippen LogP contribution is 2.40. The van der Waals surface area contributed by atoms with Crippen LogP contribution in [-0.4, -0.2) is 0 Å². The van der Waals surface area contributed by atoms with E-state index in [9.17, 15) is 0 Å². The van der Waals surface area contributed by atoms with E-state index in [0.29, 0.717) is 0 Å². The zero-order valence-electron chi connectivity index (χ0n) is 22.3. The van der Waals surface area contributed by atoms with Crippen LogP contribution < -0.4 is 0 Å². The fourth-order valence-electron chi connectivity index (χ4n) is 6.71. The van der Waals surface area contributed by atoms with Crippen LogP contribution in [0.15, 0.2) is 150 Å². The molecule has 0 unspecified atom stereocenters. The summed E-state index contributed by atoms with van der Waals surface area (Å²) in [4.78, 5) is 0. The van der Waals surface area contributed by atoms with Gasteiger partial charge in [-0.15, -0.1) is 0 Å². The molecule has 0 radical (unpaired) electrons. The third-order valence-corrected chi connectivity index (χ3v) is 8.63. The standard InChI is InChI=1S/C40H24O/c1-3-11-31-25(7-1)15-17-27-9-5-13-33(39(27)31)29-19-21-37-35(23-29)36-24-30(20-22-38(36)41-37)34-14-6-10-28-18-16-26-8-2-4-12-32(26)40(28)34/h1-24H. The molecule has 0 spiro atoms. The molecule has 1 nitrogen and oxygen atoms in total. The van der Waals surface area contributed by atoms with Crippen LogP contribution >= 0.6 is 0 Å². The quantitative estimate of drug-likeness (QED) is 0.207. The molecule has 9 aromatic rings. The van der Waals surface area contributed by atoms with Crippen LogP contribution in [0.4, 0.5) is 0 Å². The van der Waals surface area contributed by atoms with Crippen LogP contribution in [0.3, 0.4) is 0 Å². The minimum atomic E-state index is 0.911. The van der Waals surface area contributed by atoms with E-state index in [-0.39, 0.29) is 0 Å². The van der Waals surface area contributed by atoms with Crippen LogP contribution in [0, 0.1) is 0 Å². The van der Waals surface area contributed by atoms with Gasteiger partial charge >= 0.3 is 0 Å². The summed E-state index contributed by atoms with van der Waals surface area (Å²) in [7, 11) is 0. The van der Waals surface area contributed by atoms with E-state index in [2.05, 4.69) is 146 Å². The highest BCUT2D eigenvalue weighted by atomic mass is 16.3. The average molecular weight is 521 g/mol. The number of furan rings is 1. The molecule has 9 rings (SSSR count). The Balaban J connectivity index is 1.29. The van der Waals surface area contributed by atoms with Crippen molar-refractivity contribution in [3.8, 4) is 22.3 Å². The Morgan fingerprint density at radius 3 is 1.27 bits per heavy atom. The van der Waals surface area contributed by atoms with E-state index in [0.717, 1.165) is 21.9 Å². The Kier molecular flexibility index (Phi) is 4.67. The molecule has 0 amide bonds. The zero-order chi connectivity index (χ0) is 26.9. The van der Waals surface area contributed by atoms with Gasteiger partial charge in [-0.05, 0) is 89.6 Å². The number of benzene rings is 8. The minimum Gasteiger partial charge on any atom is -0.456 e. The van der Waals surface area contributed by atoms with Gasteiger partial charge in [-0.1, -0.05) is 121 Å². The summed E-state index contributed by atoms with van der Waals surface area (Å²) in [5.41, 5.74) is 6.70. The average Bonchev–Trinajstić information content (AvgIpc) is 3.41. The maximum Gasteiger partial charge on any atom is 0.135 e. The van der Waals surface area contributed by atoms with Crippen molar-refractivity contribution >= 4 is 65.0 Å². The summed E-state index contributed by atoms with van der Waals surface area (Å²) in [5.74, 6) is 0. The first-order valence-electron chi connectivity index (χ1n) is 14.1. The van der Waals surface area contributed by atoms with Gasteiger partial charge in [0.2, 0.25) is 0 Å². The van der Waals surface area contributed by atoms with Gasteiger partial charge in [0.15, 0.2) is 0 Å². The molecular formula is C40H24O. The fraction of sp³-hybridized carbons (Fsp3) is 0. The molecule has 0 saturated heterocycles.